The number of sulfonamides is 1. The maximum Gasteiger partial charge on any atom is 0.232 e. The van der Waals surface area contributed by atoms with Crippen LogP contribution in [0.5, 0.6) is 5.75 Å². The molecule has 142 valence electrons. The molecule has 8 heteroatoms. The molecule has 0 aromatic heterocycles. The van der Waals surface area contributed by atoms with Gasteiger partial charge in [-0.3, -0.25) is 9.10 Å². The highest BCUT2D eigenvalue weighted by Gasteiger charge is 2.20. The minimum atomic E-state index is -3.46. The third kappa shape index (κ3) is 7.74. The van der Waals surface area contributed by atoms with Crippen LogP contribution in [0.15, 0.2) is 24.3 Å². The van der Waals surface area contributed by atoms with Gasteiger partial charge in [-0.1, -0.05) is 12.1 Å². The SMILES string of the molecule is COc1ccccc1N(CCCC(=O)NCCCN(C)C)S(C)(=O)=O. The molecule has 1 amide bonds. The van der Waals surface area contributed by atoms with Crippen LogP contribution in [0.25, 0.3) is 0 Å². The molecular formula is C17H29N3O4S. The Morgan fingerprint density at radius 3 is 2.44 bits per heavy atom. The number of amides is 1. The van der Waals surface area contributed by atoms with E-state index in [1.54, 1.807) is 24.3 Å². The van der Waals surface area contributed by atoms with E-state index in [0.717, 1.165) is 19.2 Å². The van der Waals surface area contributed by atoms with Gasteiger partial charge in [0, 0.05) is 19.5 Å². The normalized spacial score (nSPS) is 11.4. The van der Waals surface area contributed by atoms with Gasteiger partial charge in [0.15, 0.2) is 0 Å². The van der Waals surface area contributed by atoms with Crippen molar-refractivity contribution in [3.63, 3.8) is 0 Å². The van der Waals surface area contributed by atoms with Gasteiger partial charge in [-0.05, 0) is 45.6 Å². The quantitative estimate of drug-likeness (QED) is 0.594. The number of rotatable bonds is 11. The molecular weight excluding hydrogens is 342 g/mol. The second-order valence-corrected chi connectivity index (χ2v) is 8.02. The Labute approximate surface area is 151 Å². The number of benzene rings is 1. The van der Waals surface area contributed by atoms with Crippen molar-refractivity contribution >= 4 is 21.6 Å². The Kier molecular flexibility index (Phi) is 8.71. The molecule has 0 spiro atoms. The van der Waals surface area contributed by atoms with Gasteiger partial charge in [0.2, 0.25) is 15.9 Å². The van der Waals surface area contributed by atoms with Crippen LogP contribution in [-0.4, -0.2) is 66.3 Å². The first-order valence-corrected chi connectivity index (χ1v) is 10.1. The predicted molar refractivity (Wildman–Crippen MR) is 101 cm³/mol. The third-order valence-corrected chi connectivity index (χ3v) is 4.80. The van der Waals surface area contributed by atoms with E-state index in [0.29, 0.717) is 24.4 Å². The average Bonchev–Trinajstić information content (AvgIpc) is 2.54. The van der Waals surface area contributed by atoms with Gasteiger partial charge >= 0.3 is 0 Å². The van der Waals surface area contributed by atoms with Crippen molar-refractivity contribution in [2.45, 2.75) is 19.3 Å². The summed E-state index contributed by atoms with van der Waals surface area (Å²) < 4.78 is 30.8. The first-order valence-electron chi connectivity index (χ1n) is 8.28. The molecule has 0 fully saturated rings. The lowest BCUT2D eigenvalue weighted by Gasteiger charge is -2.24. The Balaban J connectivity index is 2.57. The molecule has 0 atom stereocenters. The monoisotopic (exact) mass is 371 g/mol. The Morgan fingerprint density at radius 1 is 1.16 bits per heavy atom. The first-order chi connectivity index (χ1) is 11.8. The molecule has 0 aliphatic heterocycles. The van der Waals surface area contributed by atoms with Crippen LogP contribution in [0.4, 0.5) is 5.69 Å². The number of nitrogens with zero attached hydrogens (tertiary/aromatic N) is 2. The van der Waals surface area contributed by atoms with Gasteiger partial charge in [-0.15, -0.1) is 0 Å². The number of para-hydroxylation sites is 2. The van der Waals surface area contributed by atoms with Gasteiger partial charge in [0.1, 0.15) is 5.75 Å². The van der Waals surface area contributed by atoms with E-state index in [1.165, 1.54) is 11.4 Å². The molecule has 0 bridgehead atoms. The number of nitrogens with one attached hydrogen (secondary N) is 1. The number of methoxy groups -OCH3 is 1. The van der Waals surface area contributed by atoms with Crippen molar-refractivity contribution < 1.29 is 17.9 Å². The fourth-order valence-corrected chi connectivity index (χ4v) is 3.36. The lowest BCUT2D eigenvalue weighted by molar-refractivity contribution is -0.121. The zero-order chi connectivity index (χ0) is 18.9. The summed E-state index contributed by atoms with van der Waals surface area (Å²) in [6.07, 6.45) is 2.75. The molecule has 1 aromatic rings. The molecule has 1 N–H and O–H groups in total. The summed E-state index contributed by atoms with van der Waals surface area (Å²) >= 11 is 0. The van der Waals surface area contributed by atoms with Gasteiger partial charge in [0.05, 0.1) is 19.1 Å². The summed E-state index contributed by atoms with van der Waals surface area (Å²) in [7, 11) is 2.01. The van der Waals surface area contributed by atoms with Gasteiger partial charge < -0.3 is 15.0 Å². The van der Waals surface area contributed by atoms with Crippen LogP contribution >= 0.6 is 0 Å². The summed E-state index contributed by atoms with van der Waals surface area (Å²) in [5.74, 6) is 0.424. The van der Waals surface area contributed by atoms with Crippen molar-refractivity contribution in [2.24, 2.45) is 0 Å². The summed E-state index contributed by atoms with van der Waals surface area (Å²) in [6.45, 7) is 1.76. The predicted octanol–water partition coefficient (Wildman–Crippen LogP) is 1.31. The highest BCUT2D eigenvalue weighted by atomic mass is 32.2. The van der Waals surface area contributed by atoms with E-state index in [-0.39, 0.29) is 18.9 Å². The van der Waals surface area contributed by atoms with E-state index in [9.17, 15) is 13.2 Å². The van der Waals surface area contributed by atoms with E-state index < -0.39 is 10.0 Å². The molecule has 1 aromatic carbocycles. The van der Waals surface area contributed by atoms with Crippen LogP contribution in [0.1, 0.15) is 19.3 Å². The van der Waals surface area contributed by atoms with Crippen molar-refractivity contribution in [2.75, 3.05) is 51.4 Å². The van der Waals surface area contributed by atoms with E-state index in [2.05, 4.69) is 10.2 Å². The minimum absolute atomic E-state index is 0.0627. The number of carbonyl (C=O) groups excluding carboxylic acids is 1. The maximum atomic E-state index is 12.1. The molecule has 0 saturated carbocycles. The minimum Gasteiger partial charge on any atom is -0.495 e. The van der Waals surface area contributed by atoms with Gasteiger partial charge in [0.25, 0.3) is 0 Å². The van der Waals surface area contributed by atoms with Gasteiger partial charge in [-0.25, -0.2) is 8.42 Å². The molecule has 7 nitrogen and oxygen atoms in total. The van der Waals surface area contributed by atoms with Crippen LogP contribution in [0.3, 0.4) is 0 Å². The van der Waals surface area contributed by atoms with Crippen molar-refractivity contribution in [1.29, 1.82) is 0 Å². The zero-order valence-electron chi connectivity index (χ0n) is 15.5. The van der Waals surface area contributed by atoms with E-state index in [4.69, 9.17) is 4.74 Å². The molecule has 25 heavy (non-hydrogen) atoms. The molecule has 0 heterocycles. The number of hydrogen-bond acceptors (Lipinski definition) is 5. The number of hydrogen-bond donors (Lipinski definition) is 1. The average molecular weight is 372 g/mol. The van der Waals surface area contributed by atoms with Crippen LogP contribution < -0.4 is 14.4 Å². The summed E-state index contributed by atoms with van der Waals surface area (Å²) in [5, 5.41) is 2.85. The van der Waals surface area contributed by atoms with Crippen LogP contribution in [-0.2, 0) is 14.8 Å². The molecule has 0 aliphatic rings. The lowest BCUT2D eigenvalue weighted by Crippen LogP contribution is -2.32. The Bertz CT molecular complexity index is 647. The summed E-state index contributed by atoms with van der Waals surface area (Å²) in [4.78, 5) is 13.9. The third-order valence-electron chi connectivity index (χ3n) is 3.62. The molecule has 0 saturated heterocycles. The molecule has 0 radical (unpaired) electrons. The summed E-state index contributed by atoms with van der Waals surface area (Å²) in [5.41, 5.74) is 0.485. The molecule has 0 aliphatic carbocycles. The van der Waals surface area contributed by atoms with Crippen molar-refractivity contribution in [3.05, 3.63) is 24.3 Å². The fraction of sp³-hybridized carbons (Fsp3) is 0.588. The van der Waals surface area contributed by atoms with Crippen LogP contribution in [0, 0.1) is 0 Å². The smallest absolute Gasteiger partial charge is 0.232 e. The van der Waals surface area contributed by atoms with Crippen LogP contribution in [0.2, 0.25) is 0 Å². The number of carbonyl (C=O) groups is 1. The first kappa shape index (κ1) is 21.2. The maximum absolute atomic E-state index is 12.1. The summed E-state index contributed by atoms with van der Waals surface area (Å²) in [6, 6.07) is 6.95. The fourth-order valence-electron chi connectivity index (χ4n) is 2.40. The second kappa shape index (κ2) is 10.2. The second-order valence-electron chi connectivity index (χ2n) is 6.12. The van der Waals surface area contributed by atoms with E-state index >= 15 is 0 Å². The van der Waals surface area contributed by atoms with Crippen molar-refractivity contribution in [3.8, 4) is 5.75 Å². The number of ether oxygens (including phenoxy) is 1. The number of anilines is 1. The molecule has 0 unspecified atom stereocenters. The van der Waals surface area contributed by atoms with E-state index in [1.807, 2.05) is 14.1 Å². The zero-order valence-corrected chi connectivity index (χ0v) is 16.3. The Morgan fingerprint density at radius 2 is 1.84 bits per heavy atom. The standard InChI is InChI=1S/C17H29N3O4S/c1-19(2)13-8-12-18-17(21)11-7-14-20(25(4,22)23)15-9-5-6-10-16(15)24-3/h5-6,9-10H,7-8,11-14H2,1-4H3,(H,18,21). The lowest BCUT2D eigenvalue weighted by atomic mass is 10.2. The molecule has 1 rings (SSSR count). The highest BCUT2D eigenvalue weighted by Crippen LogP contribution is 2.29. The topological polar surface area (TPSA) is 79.0 Å². The largest absolute Gasteiger partial charge is 0.495 e. The van der Waals surface area contributed by atoms with Gasteiger partial charge in [-0.2, -0.15) is 0 Å². The van der Waals surface area contributed by atoms with Crippen molar-refractivity contribution in [1.82, 2.24) is 10.2 Å². The highest BCUT2D eigenvalue weighted by molar-refractivity contribution is 7.92. The Hall–Kier alpha value is -1.80.